The van der Waals surface area contributed by atoms with Crippen LogP contribution in [0.25, 0.3) is 0 Å². The minimum Gasteiger partial charge on any atom is -0.465 e. The van der Waals surface area contributed by atoms with Gasteiger partial charge in [0.25, 0.3) is 0 Å². The van der Waals surface area contributed by atoms with Crippen LogP contribution in [-0.2, 0) is 4.74 Å². The molecule has 2 saturated heterocycles. The summed E-state index contributed by atoms with van der Waals surface area (Å²) >= 11 is 0. The number of alkyl carbamates (subject to hydrolysis) is 1. The lowest BCUT2D eigenvalue weighted by molar-refractivity contribution is 0.00450. The normalized spacial score (nSPS) is 24.6. The summed E-state index contributed by atoms with van der Waals surface area (Å²) in [5.74, 6) is 0. The van der Waals surface area contributed by atoms with Crippen LogP contribution in [0.15, 0.2) is 0 Å². The van der Waals surface area contributed by atoms with E-state index in [1.807, 2.05) is 0 Å². The van der Waals surface area contributed by atoms with Gasteiger partial charge in [-0.15, -0.1) is 0 Å². The fourth-order valence-corrected chi connectivity index (χ4v) is 1.89. The third-order valence-corrected chi connectivity index (χ3v) is 2.81. The van der Waals surface area contributed by atoms with Gasteiger partial charge in [0, 0.05) is 25.9 Å². The van der Waals surface area contributed by atoms with Crippen molar-refractivity contribution in [2.24, 2.45) is 0 Å². The van der Waals surface area contributed by atoms with E-state index in [0.29, 0.717) is 32.5 Å². The Labute approximate surface area is 80.8 Å². The lowest BCUT2D eigenvalue weighted by Crippen LogP contribution is -2.48. The highest BCUT2D eigenvalue weighted by atomic mass is 16.6. The quantitative estimate of drug-likeness (QED) is 0.587. The van der Waals surface area contributed by atoms with E-state index < -0.39 is 17.8 Å². The summed E-state index contributed by atoms with van der Waals surface area (Å²) < 4.78 is 5.15. The summed E-state index contributed by atoms with van der Waals surface area (Å²) in [5, 5.41) is 11.3. The Balaban J connectivity index is 1.95. The van der Waals surface area contributed by atoms with Crippen molar-refractivity contribution in [3.8, 4) is 0 Å². The average Bonchev–Trinajstić information content (AvgIpc) is 2.48. The van der Waals surface area contributed by atoms with Gasteiger partial charge in [-0.25, -0.2) is 9.59 Å². The number of piperidine rings is 1. The van der Waals surface area contributed by atoms with Crippen LogP contribution in [0.1, 0.15) is 12.8 Å². The third-order valence-electron chi connectivity index (χ3n) is 2.81. The van der Waals surface area contributed by atoms with Crippen molar-refractivity contribution in [1.82, 2.24) is 10.2 Å². The first-order valence-corrected chi connectivity index (χ1v) is 4.56. The average molecular weight is 200 g/mol. The predicted octanol–water partition coefficient (Wildman–Crippen LogP) is 0.239. The molecule has 2 N–H and O–H groups in total. The van der Waals surface area contributed by atoms with Crippen LogP contribution in [0.2, 0.25) is 0 Å². The molecule has 0 atom stereocenters. The van der Waals surface area contributed by atoms with Crippen LogP contribution in [0.3, 0.4) is 0 Å². The molecule has 0 aromatic carbocycles. The van der Waals surface area contributed by atoms with Crippen molar-refractivity contribution in [3.05, 3.63) is 0 Å². The van der Waals surface area contributed by atoms with Gasteiger partial charge in [0.15, 0.2) is 0 Å². The monoisotopic (exact) mass is 200 g/mol. The van der Waals surface area contributed by atoms with Gasteiger partial charge < -0.3 is 20.1 Å². The van der Waals surface area contributed by atoms with E-state index in [2.05, 4.69) is 5.32 Å². The van der Waals surface area contributed by atoms with Crippen molar-refractivity contribution >= 4 is 12.2 Å². The van der Waals surface area contributed by atoms with E-state index >= 15 is 0 Å². The van der Waals surface area contributed by atoms with E-state index in [-0.39, 0.29) is 0 Å². The molecular weight excluding hydrogens is 188 g/mol. The highest BCUT2D eigenvalue weighted by Crippen LogP contribution is 2.28. The molecule has 2 heterocycles. The Kier molecular flexibility index (Phi) is 1.98. The number of ether oxygens (including phenoxy) is 1. The van der Waals surface area contributed by atoms with Crippen molar-refractivity contribution < 1.29 is 19.4 Å². The van der Waals surface area contributed by atoms with Gasteiger partial charge in [0.2, 0.25) is 0 Å². The van der Waals surface area contributed by atoms with Gasteiger partial charge in [-0.1, -0.05) is 0 Å². The summed E-state index contributed by atoms with van der Waals surface area (Å²) in [4.78, 5) is 22.8. The molecule has 2 fully saturated rings. The Morgan fingerprint density at radius 3 is 2.57 bits per heavy atom. The highest BCUT2D eigenvalue weighted by molar-refractivity contribution is 5.70. The van der Waals surface area contributed by atoms with Crippen molar-refractivity contribution in [2.45, 2.75) is 18.4 Å². The lowest BCUT2D eigenvalue weighted by Gasteiger charge is -2.35. The molecule has 0 unspecified atom stereocenters. The van der Waals surface area contributed by atoms with Crippen LogP contribution >= 0.6 is 0 Å². The molecule has 78 valence electrons. The van der Waals surface area contributed by atoms with Crippen LogP contribution in [0.5, 0.6) is 0 Å². The summed E-state index contributed by atoms with van der Waals surface area (Å²) in [6.45, 7) is 1.37. The zero-order chi connectivity index (χ0) is 10.2. The first-order valence-electron chi connectivity index (χ1n) is 4.56. The minimum atomic E-state index is -0.905. The third kappa shape index (κ3) is 1.47. The van der Waals surface area contributed by atoms with Crippen molar-refractivity contribution in [1.29, 1.82) is 0 Å². The number of carboxylic acid groups (broad SMARTS) is 1. The topological polar surface area (TPSA) is 78.9 Å². The lowest BCUT2D eigenvalue weighted by atomic mass is 9.92. The van der Waals surface area contributed by atoms with E-state index in [1.54, 1.807) is 0 Å². The van der Waals surface area contributed by atoms with Crippen LogP contribution in [0.4, 0.5) is 9.59 Å². The number of nitrogens with zero attached hydrogens (tertiary/aromatic N) is 1. The molecule has 0 aromatic heterocycles. The van der Waals surface area contributed by atoms with Gasteiger partial charge in [0.1, 0.15) is 5.60 Å². The second-order valence-electron chi connectivity index (χ2n) is 3.70. The molecule has 2 amide bonds. The van der Waals surface area contributed by atoms with E-state index in [4.69, 9.17) is 9.84 Å². The molecule has 2 aliphatic rings. The number of carbonyl (C=O) groups is 2. The molecule has 0 radical (unpaired) electrons. The maximum atomic E-state index is 10.9. The van der Waals surface area contributed by atoms with Gasteiger partial charge in [-0.3, -0.25) is 0 Å². The first kappa shape index (κ1) is 9.11. The largest absolute Gasteiger partial charge is 0.465 e. The number of amides is 2. The molecule has 0 aromatic rings. The number of nitrogens with one attached hydrogen (secondary N) is 1. The fraction of sp³-hybridized carbons (Fsp3) is 0.750. The molecule has 0 saturated carbocycles. The number of hydrogen-bond donors (Lipinski definition) is 2. The van der Waals surface area contributed by atoms with E-state index in [9.17, 15) is 9.59 Å². The van der Waals surface area contributed by atoms with Crippen molar-refractivity contribution in [3.63, 3.8) is 0 Å². The van der Waals surface area contributed by atoms with E-state index in [1.165, 1.54) is 4.90 Å². The summed E-state index contributed by atoms with van der Waals surface area (Å²) in [6.07, 6.45) is -0.137. The Hall–Kier alpha value is -1.46. The summed E-state index contributed by atoms with van der Waals surface area (Å²) in [7, 11) is 0. The zero-order valence-electron chi connectivity index (χ0n) is 7.65. The standard InChI is InChI=1S/C8H12N2O4/c11-6-9-5-8(14-6)1-3-10(4-2-8)7(12)13/h1-5H2,(H,9,11)(H,12,13). The van der Waals surface area contributed by atoms with Gasteiger partial charge in [-0.05, 0) is 0 Å². The van der Waals surface area contributed by atoms with E-state index in [0.717, 1.165) is 0 Å². The number of carbonyl (C=O) groups excluding carboxylic acids is 1. The molecule has 2 rings (SSSR count). The minimum absolute atomic E-state index is 0.395. The highest BCUT2D eigenvalue weighted by Gasteiger charge is 2.43. The molecule has 1 spiro atoms. The molecule has 6 nitrogen and oxygen atoms in total. The summed E-state index contributed by atoms with van der Waals surface area (Å²) in [5.41, 5.74) is -0.455. The van der Waals surface area contributed by atoms with Crippen LogP contribution in [0, 0.1) is 0 Å². The van der Waals surface area contributed by atoms with Gasteiger partial charge in [0.05, 0.1) is 6.54 Å². The maximum absolute atomic E-state index is 10.9. The Morgan fingerprint density at radius 1 is 1.50 bits per heavy atom. The first-order chi connectivity index (χ1) is 6.61. The zero-order valence-corrected chi connectivity index (χ0v) is 7.65. The number of likely N-dealkylation sites (tertiary alicyclic amines) is 1. The SMILES string of the molecule is O=C1NCC2(CCN(C(=O)O)CC2)O1. The van der Waals surface area contributed by atoms with Crippen molar-refractivity contribution in [2.75, 3.05) is 19.6 Å². The fourth-order valence-electron chi connectivity index (χ4n) is 1.89. The molecule has 14 heavy (non-hydrogen) atoms. The summed E-state index contributed by atoms with van der Waals surface area (Å²) in [6, 6.07) is 0. The van der Waals surface area contributed by atoms with Gasteiger partial charge >= 0.3 is 12.2 Å². The van der Waals surface area contributed by atoms with Crippen LogP contribution in [-0.4, -0.2) is 47.4 Å². The Morgan fingerprint density at radius 2 is 2.14 bits per heavy atom. The van der Waals surface area contributed by atoms with Crippen LogP contribution < -0.4 is 5.32 Å². The Bertz CT molecular complexity index is 271. The predicted molar refractivity (Wildman–Crippen MR) is 46.0 cm³/mol. The molecule has 0 bridgehead atoms. The smallest absolute Gasteiger partial charge is 0.407 e. The number of rotatable bonds is 0. The molecule has 2 aliphatic heterocycles. The van der Waals surface area contributed by atoms with Gasteiger partial charge in [-0.2, -0.15) is 0 Å². The molecular formula is C8H12N2O4. The second kappa shape index (κ2) is 3.04. The molecule has 0 aliphatic carbocycles. The molecule has 6 heteroatoms. The maximum Gasteiger partial charge on any atom is 0.407 e. The number of hydrogen-bond acceptors (Lipinski definition) is 3. The second-order valence-corrected chi connectivity index (χ2v) is 3.70.